The first-order valence-electron chi connectivity index (χ1n) is 6.79. The molecule has 2 atom stereocenters. The van der Waals surface area contributed by atoms with Gasteiger partial charge in [-0.1, -0.05) is 24.6 Å². The van der Waals surface area contributed by atoms with Crippen molar-refractivity contribution in [1.82, 2.24) is 4.90 Å². The second-order valence-corrected chi connectivity index (χ2v) is 5.27. The molecule has 0 aliphatic rings. The van der Waals surface area contributed by atoms with Gasteiger partial charge in [0, 0.05) is 18.1 Å². The van der Waals surface area contributed by atoms with E-state index in [9.17, 15) is 9.59 Å². The normalized spacial score (nSPS) is 13.3. The van der Waals surface area contributed by atoms with E-state index >= 15 is 0 Å². The number of hydrogen-bond acceptors (Lipinski definition) is 3. The van der Waals surface area contributed by atoms with Crippen molar-refractivity contribution in [2.45, 2.75) is 26.9 Å². The predicted molar refractivity (Wildman–Crippen MR) is 80.6 cm³/mol. The number of nitrogens with zero attached hydrogens (tertiary/aromatic N) is 1. The Bertz CT molecular complexity index is 506. The zero-order valence-corrected chi connectivity index (χ0v) is 13.1. The topological polar surface area (TPSA) is 66.8 Å². The van der Waals surface area contributed by atoms with Gasteiger partial charge >= 0.3 is 5.97 Å². The molecule has 0 saturated heterocycles. The van der Waals surface area contributed by atoms with E-state index in [0.717, 1.165) is 0 Å². The number of carbonyl (C=O) groups excluding carboxylic acids is 1. The number of carboxylic acid groups (broad SMARTS) is 1. The molecule has 1 aromatic rings. The van der Waals surface area contributed by atoms with Crippen molar-refractivity contribution in [2.75, 3.05) is 13.1 Å². The van der Waals surface area contributed by atoms with Crippen LogP contribution in [0.25, 0.3) is 0 Å². The zero-order valence-electron chi connectivity index (χ0n) is 12.4. The molecule has 6 heteroatoms. The van der Waals surface area contributed by atoms with Crippen molar-refractivity contribution < 1.29 is 19.4 Å². The molecule has 116 valence electrons. The molecule has 0 heterocycles. The second-order valence-electron chi connectivity index (χ2n) is 4.83. The Morgan fingerprint density at radius 2 is 2.05 bits per heavy atom. The molecule has 0 aromatic heterocycles. The van der Waals surface area contributed by atoms with E-state index in [1.807, 2.05) is 0 Å². The third-order valence-electron chi connectivity index (χ3n) is 3.07. The summed E-state index contributed by atoms with van der Waals surface area (Å²) in [5.74, 6) is -1.28. The summed E-state index contributed by atoms with van der Waals surface area (Å²) in [6, 6.07) is 6.79. The number of carboxylic acids is 1. The third-order valence-corrected chi connectivity index (χ3v) is 3.30. The summed E-state index contributed by atoms with van der Waals surface area (Å²) in [7, 11) is 0. The number of ether oxygens (including phenoxy) is 1. The molecular formula is C15H20ClNO4. The summed E-state index contributed by atoms with van der Waals surface area (Å²) >= 11 is 5.86. The van der Waals surface area contributed by atoms with Crippen molar-refractivity contribution in [3.8, 4) is 5.75 Å². The molecule has 5 nitrogen and oxygen atoms in total. The minimum absolute atomic E-state index is 0.161. The summed E-state index contributed by atoms with van der Waals surface area (Å²) in [6.45, 7) is 5.60. The van der Waals surface area contributed by atoms with Gasteiger partial charge in [0.15, 0.2) is 6.10 Å². The van der Waals surface area contributed by atoms with Crippen molar-refractivity contribution in [2.24, 2.45) is 5.92 Å². The maximum Gasteiger partial charge on any atom is 0.308 e. The maximum atomic E-state index is 12.3. The molecule has 0 saturated carbocycles. The fourth-order valence-corrected chi connectivity index (χ4v) is 2.02. The molecule has 0 spiro atoms. The van der Waals surface area contributed by atoms with Gasteiger partial charge in [-0.05, 0) is 32.0 Å². The summed E-state index contributed by atoms with van der Waals surface area (Å²) in [5.41, 5.74) is 0. The first kappa shape index (κ1) is 17.3. The van der Waals surface area contributed by atoms with Crippen molar-refractivity contribution in [3.05, 3.63) is 29.3 Å². The van der Waals surface area contributed by atoms with Gasteiger partial charge < -0.3 is 14.7 Å². The van der Waals surface area contributed by atoms with Gasteiger partial charge in [0.1, 0.15) is 5.75 Å². The first-order valence-corrected chi connectivity index (χ1v) is 7.16. The average molecular weight is 314 g/mol. The van der Waals surface area contributed by atoms with Crippen LogP contribution >= 0.6 is 11.6 Å². The average Bonchev–Trinajstić information content (AvgIpc) is 2.43. The van der Waals surface area contributed by atoms with Crippen molar-refractivity contribution in [1.29, 1.82) is 0 Å². The molecule has 1 rings (SSSR count). The highest BCUT2D eigenvalue weighted by atomic mass is 35.5. The van der Waals surface area contributed by atoms with Crippen molar-refractivity contribution >= 4 is 23.5 Å². The van der Waals surface area contributed by atoms with E-state index in [1.54, 1.807) is 45.0 Å². The largest absolute Gasteiger partial charge is 0.481 e. The van der Waals surface area contributed by atoms with Gasteiger partial charge in [0.05, 0.1) is 5.92 Å². The van der Waals surface area contributed by atoms with E-state index in [0.29, 0.717) is 17.3 Å². The number of likely N-dealkylation sites (N-methyl/N-ethyl adjacent to an activating group) is 1. The number of halogens is 1. The highest BCUT2D eigenvalue weighted by Gasteiger charge is 2.24. The summed E-state index contributed by atoms with van der Waals surface area (Å²) in [4.78, 5) is 24.7. The lowest BCUT2D eigenvalue weighted by Crippen LogP contribution is -2.43. The van der Waals surface area contributed by atoms with Crippen LogP contribution in [-0.4, -0.2) is 41.1 Å². The van der Waals surface area contributed by atoms with E-state index in [2.05, 4.69) is 0 Å². The van der Waals surface area contributed by atoms with E-state index in [4.69, 9.17) is 21.4 Å². The number of amides is 1. The molecule has 0 radical (unpaired) electrons. The highest BCUT2D eigenvalue weighted by Crippen LogP contribution is 2.19. The quantitative estimate of drug-likeness (QED) is 0.840. The number of rotatable bonds is 7. The maximum absolute atomic E-state index is 12.3. The lowest BCUT2D eigenvalue weighted by molar-refractivity contribution is -0.144. The summed E-state index contributed by atoms with van der Waals surface area (Å²) in [5, 5.41) is 9.46. The molecule has 21 heavy (non-hydrogen) atoms. The van der Waals surface area contributed by atoms with Gasteiger partial charge in [-0.15, -0.1) is 0 Å². The van der Waals surface area contributed by atoms with Crippen LogP contribution in [0.15, 0.2) is 24.3 Å². The number of benzene rings is 1. The van der Waals surface area contributed by atoms with E-state index in [-0.39, 0.29) is 12.5 Å². The van der Waals surface area contributed by atoms with Crippen LogP contribution in [0.1, 0.15) is 20.8 Å². The van der Waals surface area contributed by atoms with Gasteiger partial charge in [-0.3, -0.25) is 9.59 Å². The third kappa shape index (κ3) is 5.27. The molecule has 0 bridgehead atoms. The van der Waals surface area contributed by atoms with E-state index in [1.165, 1.54) is 4.90 Å². The smallest absolute Gasteiger partial charge is 0.308 e. The van der Waals surface area contributed by atoms with Crippen LogP contribution in [-0.2, 0) is 9.59 Å². The van der Waals surface area contributed by atoms with Gasteiger partial charge in [-0.2, -0.15) is 0 Å². The fraction of sp³-hybridized carbons (Fsp3) is 0.467. The second kappa shape index (κ2) is 7.88. The first-order chi connectivity index (χ1) is 9.85. The van der Waals surface area contributed by atoms with Crippen LogP contribution in [0.2, 0.25) is 5.02 Å². The lowest BCUT2D eigenvalue weighted by Gasteiger charge is -2.26. The van der Waals surface area contributed by atoms with Gasteiger partial charge in [0.25, 0.3) is 5.91 Å². The Morgan fingerprint density at radius 3 is 2.57 bits per heavy atom. The van der Waals surface area contributed by atoms with Crippen LogP contribution in [0.5, 0.6) is 5.75 Å². The predicted octanol–water partition coefficient (Wildman–Crippen LogP) is 2.68. The molecule has 0 aliphatic carbocycles. The van der Waals surface area contributed by atoms with Crippen LogP contribution in [0.3, 0.4) is 0 Å². The molecule has 1 amide bonds. The highest BCUT2D eigenvalue weighted by molar-refractivity contribution is 6.30. The van der Waals surface area contributed by atoms with Crippen LogP contribution in [0.4, 0.5) is 0 Å². The Morgan fingerprint density at radius 1 is 1.38 bits per heavy atom. The minimum Gasteiger partial charge on any atom is -0.481 e. The number of carbonyl (C=O) groups is 2. The van der Waals surface area contributed by atoms with Gasteiger partial charge in [0.2, 0.25) is 0 Å². The Balaban J connectivity index is 2.68. The lowest BCUT2D eigenvalue weighted by atomic mass is 10.1. The summed E-state index contributed by atoms with van der Waals surface area (Å²) < 4.78 is 5.56. The van der Waals surface area contributed by atoms with E-state index < -0.39 is 18.0 Å². The fourth-order valence-electron chi connectivity index (χ4n) is 1.84. The SMILES string of the molecule is CCN(CC(C)C(=O)O)C(=O)C(C)Oc1cccc(Cl)c1. The molecular weight excluding hydrogens is 294 g/mol. The molecule has 0 aliphatic heterocycles. The van der Waals surface area contributed by atoms with Crippen LogP contribution in [0, 0.1) is 5.92 Å². The molecule has 1 N–H and O–H groups in total. The Hall–Kier alpha value is -1.75. The van der Waals surface area contributed by atoms with Gasteiger partial charge in [-0.25, -0.2) is 0 Å². The standard InChI is InChI=1S/C15H20ClNO4/c1-4-17(9-10(2)15(19)20)14(18)11(3)21-13-7-5-6-12(16)8-13/h5-8,10-11H,4,9H2,1-3H3,(H,19,20). The molecule has 0 fully saturated rings. The zero-order chi connectivity index (χ0) is 16.0. The monoisotopic (exact) mass is 313 g/mol. The Kier molecular flexibility index (Phi) is 6.49. The van der Waals surface area contributed by atoms with Crippen LogP contribution < -0.4 is 4.74 Å². The molecule has 2 unspecified atom stereocenters. The molecule has 1 aromatic carbocycles. The summed E-state index contributed by atoms with van der Waals surface area (Å²) in [6.07, 6.45) is -0.704. The van der Waals surface area contributed by atoms with Crippen molar-refractivity contribution in [3.63, 3.8) is 0 Å². The Labute approximate surface area is 129 Å². The minimum atomic E-state index is -0.926. The number of aliphatic carboxylic acids is 1. The number of hydrogen-bond donors (Lipinski definition) is 1.